The highest BCUT2D eigenvalue weighted by molar-refractivity contribution is 5.28. The molecule has 0 heterocycles. The predicted molar refractivity (Wildman–Crippen MR) is 64.5 cm³/mol. The van der Waals surface area contributed by atoms with Gasteiger partial charge in [-0.2, -0.15) is 0 Å². The van der Waals surface area contributed by atoms with Crippen molar-refractivity contribution in [3.8, 4) is 0 Å². The summed E-state index contributed by atoms with van der Waals surface area (Å²) in [4.78, 5) is 0. The van der Waals surface area contributed by atoms with Gasteiger partial charge in [-0.3, -0.25) is 0 Å². The van der Waals surface area contributed by atoms with Crippen LogP contribution in [0.2, 0.25) is 0 Å². The van der Waals surface area contributed by atoms with E-state index in [0.717, 1.165) is 29.6 Å². The maximum absolute atomic E-state index is 2.56. The lowest BCUT2D eigenvalue weighted by Crippen LogP contribution is -2.63. The molecule has 0 amide bonds. The van der Waals surface area contributed by atoms with E-state index in [1.165, 1.54) is 19.3 Å². The van der Waals surface area contributed by atoms with Crippen molar-refractivity contribution in [1.82, 2.24) is 0 Å². The standard InChI is InChI=1S/C15H24/c1-9(2)11-7-8-15(4)12-6-5-10(3)14(15)13(11)12/h5,9,11-14H,6-8H2,1-4H3/t11-,12-,13-,14+,15-/m1/s1. The van der Waals surface area contributed by atoms with Gasteiger partial charge in [-0.25, -0.2) is 0 Å². The van der Waals surface area contributed by atoms with Gasteiger partial charge in [-0.15, -0.1) is 0 Å². The minimum absolute atomic E-state index is 0.703. The van der Waals surface area contributed by atoms with Crippen LogP contribution in [0.1, 0.15) is 47.0 Å². The third-order valence-corrected chi connectivity index (χ3v) is 5.96. The lowest BCUT2D eigenvalue weighted by Gasteiger charge is -2.70. The molecule has 4 bridgehead atoms. The van der Waals surface area contributed by atoms with Crippen molar-refractivity contribution in [2.45, 2.75) is 47.0 Å². The molecule has 4 aliphatic rings. The van der Waals surface area contributed by atoms with E-state index in [2.05, 4.69) is 33.8 Å². The fourth-order valence-corrected chi connectivity index (χ4v) is 5.25. The first-order chi connectivity index (χ1) is 7.05. The van der Waals surface area contributed by atoms with Gasteiger partial charge < -0.3 is 0 Å². The van der Waals surface area contributed by atoms with Crippen molar-refractivity contribution < 1.29 is 0 Å². The molecular weight excluding hydrogens is 180 g/mol. The van der Waals surface area contributed by atoms with Crippen LogP contribution in [0.4, 0.5) is 0 Å². The van der Waals surface area contributed by atoms with E-state index in [1.807, 2.05) is 0 Å². The molecule has 0 heteroatoms. The number of allylic oxidation sites excluding steroid dienone is 2. The zero-order valence-corrected chi connectivity index (χ0v) is 10.6. The van der Waals surface area contributed by atoms with Crippen LogP contribution in [0, 0.1) is 35.0 Å². The molecule has 0 aromatic rings. The van der Waals surface area contributed by atoms with Crippen LogP contribution < -0.4 is 0 Å². The molecule has 0 aromatic heterocycles. The van der Waals surface area contributed by atoms with Crippen LogP contribution in [-0.2, 0) is 0 Å². The zero-order valence-electron chi connectivity index (χ0n) is 10.6. The van der Waals surface area contributed by atoms with Gasteiger partial charge >= 0.3 is 0 Å². The molecule has 0 saturated heterocycles. The Morgan fingerprint density at radius 1 is 1.40 bits per heavy atom. The third-order valence-electron chi connectivity index (χ3n) is 5.96. The average molecular weight is 204 g/mol. The van der Waals surface area contributed by atoms with Gasteiger partial charge in [0.1, 0.15) is 0 Å². The van der Waals surface area contributed by atoms with Crippen molar-refractivity contribution >= 4 is 0 Å². The van der Waals surface area contributed by atoms with Crippen molar-refractivity contribution in [2.75, 3.05) is 0 Å². The monoisotopic (exact) mass is 204 g/mol. The Labute approximate surface area is 94.1 Å². The zero-order chi connectivity index (χ0) is 10.8. The van der Waals surface area contributed by atoms with E-state index in [4.69, 9.17) is 0 Å². The fraction of sp³-hybridized carbons (Fsp3) is 0.867. The maximum Gasteiger partial charge on any atom is -0.0115 e. The SMILES string of the molecule is CC1=CC[C@@H]2[C@H]3[C@@H](C(C)C)CC[C@@]2(C)[C@@H]13. The van der Waals surface area contributed by atoms with E-state index in [-0.39, 0.29) is 0 Å². The second-order valence-electron chi connectivity index (χ2n) is 6.80. The Hall–Kier alpha value is -0.260. The van der Waals surface area contributed by atoms with Crippen LogP contribution in [0.15, 0.2) is 11.6 Å². The normalized spacial score (nSPS) is 52.5. The van der Waals surface area contributed by atoms with Crippen LogP contribution in [-0.4, -0.2) is 0 Å². The Morgan fingerprint density at radius 3 is 2.73 bits per heavy atom. The number of fused-ring (bicyclic) bond motifs is 1. The van der Waals surface area contributed by atoms with Gasteiger partial charge in [0, 0.05) is 0 Å². The lowest BCUT2D eigenvalue weighted by molar-refractivity contribution is -0.181. The highest BCUT2D eigenvalue weighted by Crippen LogP contribution is 2.71. The number of hydrogen-bond acceptors (Lipinski definition) is 0. The highest BCUT2D eigenvalue weighted by atomic mass is 14.7. The minimum Gasteiger partial charge on any atom is -0.0850 e. The molecule has 2 saturated carbocycles. The van der Waals surface area contributed by atoms with E-state index in [1.54, 1.807) is 5.57 Å². The third kappa shape index (κ3) is 1.04. The first-order valence-electron chi connectivity index (χ1n) is 6.72. The van der Waals surface area contributed by atoms with Gasteiger partial charge in [0.15, 0.2) is 0 Å². The molecular formula is C15H24. The van der Waals surface area contributed by atoms with E-state index < -0.39 is 0 Å². The van der Waals surface area contributed by atoms with Crippen molar-refractivity contribution in [3.63, 3.8) is 0 Å². The van der Waals surface area contributed by atoms with Crippen molar-refractivity contribution in [1.29, 1.82) is 0 Å². The Morgan fingerprint density at radius 2 is 2.13 bits per heavy atom. The van der Waals surface area contributed by atoms with Crippen LogP contribution in [0.25, 0.3) is 0 Å². The first kappa shape index (κ1) is 9.93. The van der Waals surface area contributed by atoms with Gasteiger partial charge in [-0.1, -0.05) is 32.4 Å². The van der Waals surface area contributed by atoms with Crippen LogP contribution in [0.3, 0.4) is 0 Å². The molecule has 0 aliphatic heterocycles. The lowest BCUT2D eigenvalue weighted by atomic mass is 9.34. The quantitative estimate of drug-likeness (QED) is 0.559. The molecule has 5 atom stereocenters. The average Bonchev–Trinajstić information content (AvgIpc) is 2.17. The van der Waals surface area contributed by atoms with Crippen molar-refractivity contribution in [3.05, 3.63) is 11.6 Å². The largest absolute Gasteiger partial charge is 0.0850 e. The molecule has 0 spiro atoms. The predicted octanol–water partition coefficient (Wildman–Crippen LogP) is 4.27. The molecule has 0 nitrogen and oxygen atoms in total. The number of hydrogen-bond donors (Lipinski definition) is 0. The van der Waals surface area contributed by atoms with E-state index in [9.17, 15) is 0 Å². The van der Waals surface area contributed by atoms with Crippen LogP contribution in [0.5, 0.6) is 0 Å². The van der Waals surface area contributed by atoms with E-state index >= 15 is 0 Å². The molecule has 2 fully saturated rings. The summed E-state index contributed by atoms with van der Waals surface area (Å²) in [7, 11) is 0. The molecule has 15 heavy (non-hydrogen) atoms. The van der Waals surface area contributed by atoms with Crippen LogP contribution >= 0.6 is 0 Å². The summed E-state index contributed by atoms with van der Waals surface area (Å²) in [5, 5.41) is 0. The van der Waals surface area contributed by atoms with Crippen molar-refractivity contribution in [2.24, 2.45) is 35.0 Å². The fourth-order valence-electron chi connectivity index (χ4n) is 5.25. The Balaban J connectivity index is 1.95. The Kier molecular flexibility index (Phi) is 1.92. The summed E-state index contributed by atoms with van der Waals surface area (Å²) in [5.74, 6) is 4.96. The van der Waals surface area contributed by atoms with Gasteiger partial charge in [0.05, 0.1) is 0 Å². The second kappa shape index (κ2) is 2.90. The topological polar surface area (TPSA) is 0 Å². The van der Waals surface area contributed by atoms with Gasteiger partial charge in [0.2, 0.25) is 0 Å². The van der Waals surface area contributed by atoms with E-state index in [0.29, 0.717) is 5.41 Å². The summed E-state index contributed by atoms with van der Waals surface area (Å²) in [6, 6.07) is 0. The second-order valence-corrected chi connectivity index (χ2v) is 6.80. The molecule has 4 aliphatic carbocycles. The maximum atomic E-state index is 2.56. The minimum atomic E-state index is 0.703. The van der Waals surface area contributed by atoms with Gasteiger partial charge in [-0.05, 0) is 61.2 Å². The first-order valence-corrected chi connectivity index (χ1v) is 6.72. The summed E-state index contributed by atoms with van der Waals surface area (Å²) < 4.78 is 0. The molecule has 0 aromatic carbocycles. The summed E-state index contributed by atoms with van der Waals surface area (Å²) >= 11 is 0. The Bertz CT molecular complexity index is 312. The molecule has 84 valence electrons. The number of rotatable bonds is 1. The molecule has 0 unspecified atom stereocenters. The smallest absolute Gasteiger partial charge is 0.0115 e. The molecule has 0 N–H and O–H groups in total. The summed E-state index contributed by atoms with van der Waals surface area (Å²) in [6.07, 6.45) is 6.90. The molecule has 0 radical (unpaired) electrons. The highest BCUT2D eigenvalue weighted by Gasteiger charge is 2.64. The van der Waals surface area contributed by atoms with Gasteiger partial charge in [0.25, 0.3) is 0 Å². The summed E-state index contributed by atoms with van der Waals surface area (Å²) in [5.41, 5.74) is 2.42. The molecule has 4 rings (SSSR count). The summed E-state index contributed by atoms with van der Waals surface area (Å²) in [6.45, 7) is 9.81.